The Bertz CT molecular complexity index is 1440. The summed E-state index contributed by atoms with van der Waals surface area (Å²) in [6, 6.07) is 16.1. The van der Waals surface area contributed by atoms with Crippen LogP contribution in [0.15, 0.2) is 60.8 Å². The maximum atomic E-state index is 13.4. The first-order valence-electron chi connectivity index (χ1n) is 12.1. The first-order chi connectivity index (χ1) is 18.3. The number of hydrogen-bond acceptors (Lipinski definition) is 10. The van der Waals surface area contributed by atoms with Crippen LogP contribution in [0.4, 0.5) is 16.3 Å². The molecule has 0 radical (unpaired) electrons. The number of halogens is 1. The van der Waals surface area contributed by atoms with Gasteiger partial charge in [-0.15, -0.1) is 0 Å². The number of anilines is 2. The van der Waals surface area contributed by atoms with Crippen molar-refractivity contribution in [2.45, 2.75) is 25.4 Å². The fourth-order valence-electron chi connectivity index (χ4n) is 4.58. The van der Waals surface area contributed by atoms with E-state index in [-0.39, 0.29) is 55.5 Å². The summed E-state index contributed by atoms with van der Waals surface area (Å²) in [6.45, 7) is 1.35. The van der Waals surface area contributed by atoms with Crippen molar-refractivity contribution in [3.8, 4) is 5.88 Å². The van der Waals surface area contributed by atoms with Gasteiger partial charge in [0.05, 0.1) is 25.4 Å². The molecule has 0 unspecified atom stereocenters. The number of benzene rings is 2. The van der Waals surface area contributed by atoms with Crippen LogP contribution in [0.5, 0.6) is 5.88 Å². The average Bonchev–Trinajstić information content (AvgIpc) is 3.27. The number of piperidine rings is 1. The summed E-state index contributed by atoms with van der Waals surface area (Å²) in [6.07, 6.45) is 3.14. The molecular formula is C25H26CaFN6O5P. The summed E-state index contributed by atoms with van der Waals surface area (Å²) in [5.41, 5.74) is 2.91. The van der Waals surface area contributed by atoms with E-state index in [0.29, 0.717) is 12.5 Å². The predicted molar refractivity (Wildman–Crippen MR) is 141 cm³/mol. The van der Waals surface area contributed by atoms with Crippen molar-refractivity contribution in [2.24, 2.45) is 0 Å². The summed E-state index contributed by atoms with van der Waals surface area (Å²) < 4.78 is 35.4. The Morgan fingerprint density at radius 2 is 1.79 bits per heavy atom. The zero-order valence-electron chi connectivity index (χ0n) is 21.4. The van der Waals surface area contributed by atoms with Gasteiger partial charge in [0.1, 0.15) is 5.82 Å². The third-order valence-electron chi connectivity index (χ3n) is 6.53. The molecule has 0 aliphatic carbocycles. The number of phosphoric acid groups is 1. The molecule has 0 atom stereocenters. The minimum atomic E-state index is -5.13. The molecule has 0 amide bonds. The zero-order valence-corrected chi connectivity index (χ0v) is 24.5. The van der Waals surface area contributed by atoms with E-state index >= 15 is 0 Å². The van der Waals surface area contributed by atoms with Gasteiger partial charge in [-0.2, -0.15) is 4.98 Å². The van der Waals surface area contributed by atoms with E-state index in [2.05, 4.69) is 24.0 Å². The summed E-state index contributed by atoms with van der Waals surface area (Å²) in [5, 5.41) is 0. The molecule has 0 bridgehead atoms. The van der Waals surface area contributed by atoms with E-state index < -0.39 is 14.6 Å². The number of phosphoric ester groups is 1. The molecule has 39 heavy (non-hydrogen) atoms. The smallest absolute Gasteiger partial charge is 0.790 e. The number of para-hydroxylation sites is 2. The number of hydrogen-bond donors (Lipinski definition) is 0. The second kappa shape index (κ2) is 12.9. The molecule has 4 aromatic rings. The second-order valence-corrected chi connectivity index (χ2v) is 10.1. The van der Waals surface area contributed by atoms with E-state index in [0.717, 1.165) is 48.5 Å². The quantitative estimate of drug-likeness (QED) is 0.164. The number of nitrogens with zero attached hydrogens (tertiary/aromatic N) is 6. The summed E-state index contributed by atoms with van der Waals surface area (Å²) in [7, 11) is -3.24. The van der Waals surface area contributed by atoms with Gasteiger partial charge < -0.3 is 38.0 Å². The van der Waals surface area contributed by atoms with Gasteiger partial charge in [0.25, 0.3) is 0 Å². The molecule has 2 aromatic carbocycles. The Morgan fingerprint density at radius 3 is 2.51 bits per heavy atom. The van der Waals surface area contributed by atoms with E-state index in [9.17, 15) is 18.7 Å². The van der Waals surface area contributed by atoms with Crippen molar-refractivity contribution < 1.29 is 28.0 Å². The summed E-state index contributed by atoms with van der Waals surface area (Å²) in [4.78, 5) is 39.0. The summed E-state index contributed by atoms with van der Waals surface area (Å²) >= 11 is 0. The molecule has 0 saturated carbocycles. The predicted octanol–water partition coefficient (Wildman–Crippen LogP) is 1.92. The number of ether oxygens (including phenoxy) is 1. The SMILES string of the molecule is CN(c1nccc(OCOP(=O)([O-])[O-])n1)C1CCN(c2nc3ccccc3n2Cc2ccc(F)cc2)CC1.[Ca+2]. The normalized spacial score (nSPS) is 14.3. The van der Waals surface area contributed by atoms with Gasteiger partial charge in [-0.05, 0) is 42.7 Å². The van der Waals surface area contributed by atoms with Crippen molar-refractivity contribution in [1.29, 1.82) is 0 Å². The van der Waals surface area contributed by atoms with Crippen LogP contribution in [0.2, 0.25) is 0 Å². The fraction of sp³-hybridized carbons (Fsp3) is 0.320. The van der Waals surface area contributed by atoms with Crippen molar-refractivity contribution in [3.63, 3.8) is 0 Å². The molecular weight excluding hydrogens is 554 g/mol. The molecule has 1 fully saturated rings. The Labute approximate surface area is 254 Å². The van der Waals surface area contributed by atoms with E-state index in [4.69, 9.17) is 9.72 Å². The topological polar surface area (TPSA) is 132 Å². The molecule has 1 aliphatic heterocycles. The van der Waals surface area contributed by atoms with E-state index in [1.165, 1.54) is 24.4 Å². The number of fused-ring (bicyclic) bond motifs is 1. The number of aromatic nitrogens is 4. The molecule has 14 heteroatoms. The van der Waals surface area contributed by atoms with Gasteiger partial charge in [0.15, 0.2) is 6.79 Å². The molecule has 1 aliphatic rings. The molecule has 2 aromatic heterocycles. The third kappa shape index (κ3) is 7.46. The van der Waals surface area contributed by atoms with Crippen molar-refractivity contribution in [2.75, 3.05) is 36.7 Å². The van der Waals surface area contributed by atoms with Crippen molar-refractivity contribution in [1.82, 2.24) is 19.5 Å². The van der Waals surface area contributed by atoms with E-state index in [1.807, 2.05) is 36.2 Å². The third-order valence-corrected chi connectivity index (χ3v) is 6.96. The first-order valence-corrected chi connectivity index (χ1v) is 13.5. The molecule has 200 valence electrons. The molecule has 0 spiro atoms. The Morgan fingerprint density at radius 1 is 1.08 bits per heavy atom. The molecule has 11 nitrogen and oxygen atoms in total. The van der Waals surface area contributed by atoms with Gasteiger partial charge in [0.2, 0.25) is 17.8 Å². The largest absolute Gasteiger partial charge is 2.00 e. The fourth-order valence-corrected chi connectivity index (χ4v) is 4.76. The Hall–Kier alpha value is -2.31. The van der Waals surface area contributed by atoms with Crippen LogP contribution in [0.1, 0.15) is 18.4 Å². The first kappa shape index (κ1) is 29.7. The van der Waals surface area contributed by atoms with Gasteiger partial charge in [-0.1, -0.05) is 24.3 Å². The monoisotopic (exact) mass is 580 g/mol. The van der Waals surface area contributed by atoms with Crippen LogP contribution < -0.4 is 24.3 Å². The Kier molecular flexibility index (Phi) is 9.82. The molecule has 1 saturated heterocycles. The summed E-state index contributed by atoms with van der Waals surface area (Å²) in [5.74, 6) is 1.12. The van der Waals surface area contributed by atoms with Gasteiger partial charge in [-0.3, -0.25) is 0 Å². The Balaban J connectivity index is 0.00000353. The van der Waals surface area contributed by atoms with Crippen LogP contribution in [0.25, 0.3) is 11.0 Å². The minimum Gasteiger partial charge on any atom is -0.790 e. The standard InChI is InChI=1S/C25H28FN6O5P.Ca/c1-30(24-27-13-10-23(29-24)36-17-37-38(33,34)35)20-11-14-31(15-12-20)25-28-21-4-2-3-5-22(21)32(25)16-18-6-8-19(26)9-7-18;/h2-10,13,20H,11-12,14-17H2,1H3,(H2,33,34,35);/q;+2/p-2. The number of rotatable bonds is 9. The zero-order chi connectivity index (χ0) is 26.7. The van der Waals surface area contributed by atoms with Crippen molar-refractivity contribution in [3.05, 3.63) is 72.2 Å². The molecule has 0 N–H and O–H groups in total. The van der Waals surface area contributed by atoms with Gasteiger partial charge in [0, 0.05) is 38.4 Å². The molecule has 3 heterocycles. The number of imidazole rings is 1. The van der Waals surface area contributed by atoms with Gasteiger partial charge in [-0.25, -0.2) is 14.4 Å². The minimum absolute atomic E-state index is 0. The van der Waals surface area contributed by atoms with Crippen LogP contribution >= 0.6 is 7.82 Å². The van der Waals surface area contributed by atoms with Crippen LogP contribution in [-0.2, 0) is 15.6 Å². The maximum Gasteiger partial charge on any atom is 2.00 e. The van der Waals surface area contributed by atoms with E-state index in [1.54, 1.807) is 12.1 Å². The van der Waals surface area contributed by atoms with Crippen molar-refractivity contribution >= 4 is 68.5 Å². The van der Waals surface area contributed by atoms with Crippen LogP contribution in [-0.4, -0.2) is 90.2 Å². The average molecular weight is 581 g/mol. The maximum absolute atomic E-state index is 13.4. The molecule has 5 rings (SSSR count). The second-order valence-electron chi connectivity index (χ2n) is 8.98. The van der Waals surface area contributed by atoms with Crippen LogP contribution in [0.3, 0.4) is 0 Å². The van der Waals surface area contributed by atoms with Gasteiger partial charge >= 0.3 is 37.7 Å². The van der Waals surface area contributed by atoms with Crippen LogP contribution in [0, 0.1) is 5.82 Å².